The molecule has 2 atom stereocenters. The van der Waals surface area contributed by atoms with E-state index in [-0.39, 0.29) is 0 Å². The number of benzene rings is 1. The summed E-state index contributed by atoms with van der Waals surface area (Å²) in [5.41, 5.74) is 1.48. The molecule has 0 aromatic heterocycles. The summed E-state index contributed by atoms with van der Waals surface area (Å²) in [6, 6.07) is 10.4. The molecule has 1 aliphatic rings. The highest BCUT2D eigenvalue weighted by Crippen LogP contribution is 2.22. The molecule has 1 aromatic carbocycles. The van der Waals surface area contributed by atoms with Gasteiger partial charge in [0.15, 0.2) is 5.11 Å². The van der Waals surface area contributed by atoms with Crippen LogP contribution in [0.25, 0.3) is 0 Å². The predicted octanol–water partition coefficient (Wildman–Crippen LogP) is 2.72. The molecule has 21 heavy (non-hydrogen) atoms. The number of nitrogens with one attached hydrogen (secondary N) is 2. The molecular formula is C16H22N4S. The number of nitrogens with zero attached hydrogens (tertiary/aromatic N) is 2. The van der Waals surface area contributed by atoms with E-state index < -0.39 is 0 Å². The summed E-state index contributed by atoms with van der Waals surface area (Å²) in [5, 5.41) is 16.2. The van der Waals surface area contributed by atoms with Crippen LogP contribution in [0.15, 0.2) is 24.3 Å². The Bertz CT molecular complexity index is 535. The van der Waals surface area contributed by atoms with Gasteiger partial charge in [-0.05, 0) is 57.4 Å². The smallest absolute Gasteiger partial charge is 0.171 e. The highest BCUT2D eigenvalue weighted by atomic mass is 32.1. The zero-order valence-electron chi connectivity index (χ0n) is 12.6. The van der Waals surface area contributed by atoms with Gasteiger partial charge in [0, 0.05) is 17.8 Å². The van der Waals surface area contributed by atoms with E-state index in [1.807, 2.05) is 12.1 Å². The summed E-state index contributed by atoms with van der Waals surface area (Å²) < 4.78 is 0. The molecule has 0 heterocycles. The van der Waals surface area contributed by atoms with Crippen molar-refractivity contribution in [1.29, 1.82) is 5.26 Å². The van der Waals surface area contributed by atoms with E-state index in [1.54, 1.807) is 12.1 Å². The van der Waals surface area contributed by atoms with Crippen LogP contribution >= 0.6 is 12.2 Å². The monoisotopic (exact) mass is 302 g/mol. The number of anilines is 1. The average molecular weight is 302 g/mol. The van der Waals surface area contributed by atoms with Gasteiger partial charge in [-0.1, -0.05) is 18.9 Å². The second-order valence-electron chi connectivity index (χ2n) is 5.71. The minimum Gasteiger partial charge on any atom is -0.358 e. The van der Waals surface area contributed by atoms with Gasteiger partial charge in [-0.15, -0.1) is 0 Å². The van der Waals surface area contributed by atoms with Gasteiger partial charge in [0.1, 0.15) is 0 Å². The van der Waals surface area contributed by atoms with Crippen LogP contribution in [0, 0.1) is 11.3 Å². The molecule has 0 bridgehead atoms. The van der Waals surface area contributed by atoms with Gasteiger partial charge in [0.25, 0.3) is 0 Å². The summed E-state index contributed by atoms with van der Waals surface area (Å²) in [6.45, 7) is 0. The van der Waals surface area contributed by atoms with Gasteiger partial charge in [-0.3, -0.25) is 0 Å². The fourth-order valence-electron chi connectivity index (χ4n) is 2.90. The largest absolute Gasteiger partial charge is 0.358 e. The lowest BCUT2D eigenvalue weighted by Crippen LogP contribution is -2.52. The predicted molar refractivity (Wildman–Crippen MR) is 90.2 cm³/mol. The lowest BCUT2D eigenvalue weighted by Gasteiger charge is -2.37. The first-order valence-electron chi connectivity index (χ1n) is 7.34. The minimum atomic E-state index is 0.382. The number of hydrogen-bond donors (Lipinski definition) is 2. The maximum Gasteiger partial charge on any atom is 0.171 e. The summed E-state index contributed by atoms with van der Waals surface area (Å²) in [6.07, 6.45) is 4.88. The molecule has 4 nitrogen and oxygen atoms in total. The van der Waals surface area contributed by atoms with Crippen LogP contribution in [0.2, 0.25) is 0 Å². The van der Waals surface area contributed by atoms with Crippen LogP contribution in [0.5, 0.6) is 0 Å². The molecule has 0 amide bonds. The Kier molecular flexibility index (Phi) is 5.54. The molecule has 0 spiro atoms. The first-order valence-corrected chi connectivity index (χ1v) is 7.75. The number of hydrogen-bond acceptors (Lipinski definition) is 3. The Balaban J connectivity index is 1.95. The highest BCUT2D eigenvalue weighted by Gasteiger charge is 2.27. The highest BCUT2D eigenvalue weighted by molar-refractivity contribution is 7.80. The fraction of sp³-hybridized carbons (Fsp3) is 0.500. The molecule has 0 saturated heterocycles. The summed E-state index contributed by atoms with van der Waals surface area (Å²) in [7, 11) is 4.25. The molecular weight excluding hydrogens is 280 g/mol. The van der Waals surface area contributed by atoms with E-state index >= 15 is 0 Å². The minimum absolute atomic E-state index is 0.382. The average Bonchev–Trinajstić information content (AvgIpc) is 2.47. The van der Waals surface area contributed by atoms with Crippen molar-refractivity contribution in [3.8, 4) is 6.07 Å². The normalized spacial score (nSPS) is 21.6. The third-order valence-corrected chi connectivity index (χ3v) is 4.18. The van der Waals surface area contributed by atoms with Gasteiger partial charge in [0.05, 0.1) is 11.6 Å². The first-order chi connectivity index (χ1) is 10.1. The molecule has 112 valence electrons. The SMILES string of the molecule is CN(C)[C@@H]1CCCC[C@H]1NC(=S)Nc1cccc(C#N)c1. The number of nitriles is 1. The van der Waals surface area contributed by atoms with E-state index in [1.165, 1.54) is 19.3 Å². The van der Waals surface area contributed by atoms with Gasteiger partial charge in [0.2, 0.25) is 0 Å². The zero-order valence-corrected chi connectivity index (χ0v) is 13.4. The Morgan fingerprint density at radius 1 is 1.33 bits per heavy atom. The topological polar surface area (TPSA) is 51.1 Å². The number of rotatable bonds is 3. The third-order valence-electron chi connectivity index (χ3n) is 3.96. The first kappa shape index (κ1) is 15.7. The van der Waals surface area contributed by atoms with Crippen LogP contribution in [-0.4, -0.2) is 36.2 Å². The quantitative estimate of drug-likeness (QED) is 0.841. The molecule has 0 unspecified atom stereocenters. The van der Waals surface area contributed by atoms with Crippen LogP contribution in [0.1, 0.15) is 31.2 Å². The Hall–Kier alpha value is -1.64. The Morgan fingerprint density at radius 3 is 2.81 bits per heavy atom. The van der Waals surface area contributed by atoms with Crippen LogP contribution in [0.4, 0.5) is 5.69 Å². The van der Waals surface area contributed by atoms with Crippen molar-refractivity contribution in [1.82, 2.24) is 10.2 Å². The molecule has 0 radical (unpaired) electrons. The van der Waals surface area contributed by atoms with Gasteiger partial charge < -0.3 is 15.5 Å². The third kappa shape index (κ3) is 4.42. The lowest BCUT2D eigenvalue weighted by atomic mass is 9.90. The zero-order chi connectivity index (χ0) is 15.2. The van der Waals surface area contributed by atoms with Crippen molar-refractivity contribution in [3.05, 3.63) is 29.8 Å². The van der Waals surface area contributed by atoms with Crippen molar-refractivity contribution in [3.63, 3.8) is 0 Å². The lowest BCUT2D eigenvalue weighted by molar-refractivity contribution is 0.190. The summed E-state index contributed by atoms with van der Waals surface area (Å²) in [5.74, 6) is 0. The van der Waals surface area contributed by atoms with E-state index in [2.05, 4.69) is 35.7 Å². The van der Waals surface area contributed by atoms with Crippen molar-refractivity contribution in [2.75, 3.05) is 19.4 Å². The molecule has 5 heteroatoms. The number of likely N-dealkylation sites (N-methyl/N-ethyl adjacent to an activating group) is 1. The second-order valence-corrected chi connectivity index (χ2v) is 6.12. The van der Waals surface area contributed by atoms with Crippen LogP contribution < -0.4 is 10.6 Å². The van der Waals surface area contributed by atoms with E-state index in [4.69, 9.17) is 17.5 Å². The van der Waals surface area contributed by atoms with E-state index in [0.717, 1.165) is 12.1 Å². The van der Waals surface area contributed by atoms with Gasteiger partial charge >= 0.3 is 0 Å². The molecule has 1 aliphatic carbocycles. The van der Waals surface area contributed by atoms with Crippen LogP contribution in [0.3, 0.4) is 0 Å². The molecule has 1 aromatic rings. The molecule has 1 saturated carbocycles. The molecule has 1 fully saturated rings. The maximum absolute atomic E-state index is 8.92. The standard InChI is InChI=1S/C16H22N4S/c1-20(2)15-9-4-3-8-14(15)19-16(21)18-13-7-5-6-12(10-13)11-17/h5-7,10,14-15H,3-4,8-9H2,1-2H3,(H2,18,19,21)/t14-,15-/m1/s1. The van der Waals surface area contributed by atoms with Crippen LogP contribution in [-0.2, 0) is 0 Å². The van der Waals surface area contributed by atoms with Crippen molar-refractivity contribution in [2.24, 2.45) is 0 Å². The van der Waals surface area contributed by atoms with Gasteiger partial charge in [-0.25, -0.2) is 0 Å². The number of thiocarbonyl (C=S) groups is 1. The fourth-order valence-corrected chi connectivity index (χ4v) is 3.17. The van der Waals surface area contributed by atoms with E-state index in [0.29, 0.717) is 22.8 Å². The Morgan fingerprint density at radius 2 is 2.10 bits per heavy atom. The van der Waals surface area contributed by atoms with Gasteiger partial charge in [-0.2, -0.15) is 5.26 Å². The summed E-state index contributed by atoms with van der Waals surface area (Å²) >= 11 is 5.41. The maximum atomic E-state index is 8.92. The second kappa shape index (κ2) is 7.39. The van der Waals surface area contributed by atoms with E-state index in [9.17, 15) is 0 Å². The molecule has 2 N–H and O–H groups in total. The molecule has 0 aliphatic heterocycles. The Labute approximate surface area is 132 Å². The van der Waals surface area contributed by atoms with Crippen molar-refractivity contribution >= 4 is 23.0 Å². The molecule has 2 rings (SSSR count). The van der Waals surface area contributed by atoms with Crippen molar-refractivity contribution < 1.29 is 0 Å². The van der Waals surface area contributed by atoms with Crippen molar-refractivity contribution in [2.45, 2.75) is 37.8 Å². The summed E-state index contributed by atoms with van der Waals surface area (Å²) in [4.78, 5) is 2.27.